The summed E-state index contributed by atoms with van der Waals surface area (Å²) in [6, 6.07) is 5.72. The van der Waals surface area contributed by atoms with Gasteiger partial charge in [-0.2, -0.15) is 0 Å². The molecule has 0 aromatic heterocycles. The first-order chi connectivity index (χ1) is 5.88. The maximum atomic E-state index is 5.90. The van der Waals surface area contributed by atoms with Crippen molar-refractivity contribution >= 4 is 35.0 Å². The van der Waals surface area contributed by atoms with Crippen LogP contribution in [0.5, 0.6) is 0 Å². The van der Waals surface area contributed by atoms with Crippen LogP contribution >= 0.6 is 35.0 Å². The molecule has 0 nitrogen and oxygen atoms in total. The second-order valence-electron chi connectivity index (χ2n) is 3.79. The number of rotatable bonds is 1. The van der Waals surface area contributed by atoms with E-state index in [1.54, 1.807) is 11.8 Å². The Morgan fingerprint density at radius 2 is 1.69 bits per heavy atom. The molecule has 13 heavy (non-hydrogen) atoms. The van der Waals surface area contributed by atoms with Crippen LogP contribution in [0.3, 0.4) is 0 Å². The molecular formula is C10H12Cl2S. The summed E-state index contributed by atoms with van der Waals surface area (Å²) in [4.78, 5) is 1.15. The minimum Gasteiger partial charge on any atom is -0.120 e. The van der Waals surface area contributed by atoms with Crippen LogP contribution in [0, 0.1) is 0 Å². The SMILES string of the molecule is CC(C)(C)Sc1ccc(Cl)c(Cl)c1. The minimum absolute atomic E-state index is 0.206. The van der Waals surface area contributed by atoms with Crippen molar-refractivity contribution < 1.29 is 0 Å². The molecule has 0 saturated carbocycles. The summed E-state index contributed by atoms with van der Waals surface area (Å²) in [6.07, 6.45) is 0. The van der Waals surface area contributed by atoms with Crippen molar-refractivity contribution in [2.24, 2.45) is 0 Å². The quantitative estimate of drug-likeness (QED) is 0.625. The van der Waals surface area contributed by atoms with E-state index in [0.29, 0.717) is 10.0 Å². The summed E-state index contributed by atoms with van der Waals surface area (Å²) in [5.74, 6) is 0. The zero-order chi connectivity index (χ0) is 10.1. The molecule has 0 spiro atoms. The Morgan fingerprint density at radius 3 is 2.15 bits per heavy atom. The van der Waals surface area contributed by atoms with Crippen molar-refractivity contribution in [2.45, 2.75) is 30.4 Å². The Labute approximate surface area is 93.6 Å². The topological polar surface area (TPSA) is 0 Å². The second-order valence-corrected chi connectivity index (χ2v) is 6.51. The van der Waals surface area contributed by atoms with Crippen molar-refractivity contribution in [3.63, 3.8) is 0 Å². The third kappa shape index (κ3) is 3.80. The second kappa shape index (κ2) is 4.12. The number of halogens is 2. The van der Waals surface area contributed by atoms with E-state index in [1.807, 2.05) is 18.2 Å². The van der Waals surface area contributed by atoms with Crippen LogP contribution < -0.4 is 0 Å². The predicted molar refractivity (Wildman–Crippen MR) is 62.1 cm³/mol. The first kappa shape index (κ1) is 11.2. The summed E-state index contributed by atoms with van der Waals surface area (Å²) in [5.41, 5.74) is 0. The van der Waals surface area contributed by atoms with Crippen molar-refractivity contribution in [2.75, 3.05) is 0 Å². The summed E-state index contributed by atoms with van der Waals surface area (Å²) in [5, 5.41) is 1.23. The van der Waals surface area contributed by atoms with Crippen LogP contribution in [0.4, 0.5) is 0 Å². The summed E-state index contributed by atoms with van der Waals surface area (Å²) in [6.45, 7) is 6.50. The molecular weight excluding hydrogens is 223 g/mol. The van der Waals surface area contributed by atoms with E-state index in [-0.39, 0.29) is 4.75 Å². The molecule has 0 atom stereocenters. The van der Waals surface area contributed by atoms with Gasteiger partial charge in [-0.15, -0.1) is 11.8 Å². The van der Waals surface area contributed by atoms with Crippen LogP contribution in [-0.2, 0) is 0 Å². The van der Waals surface area contributed by atoms with Crippen LogP contribution in [0.1, 0.15) is 20.8 Å². The van der Waals surface area contributed by atoms with Crippen LogP contribution in [0.2, 0.25) is 10.0 Å². The number of hydrogen-bond acceptors (Lipinski definition) is 1. The van der Waals surface area contributed by atoms with E-state index < -0.39 is 0 Å². The third-order valence-electron chi connectivity index (χ3n) is 1.32. The minimum atomic E-state index is 0.206. The number of hydrogen-bond donors (Lipinski definition) is 0. The lowest BCUT2D eigenvalue weighted by atomic mass is 10.3. The van der Waals surface area contributed by atoms with Gasteiger partial charge in [-0.25, -0.2) is 0 Å². The highest BCUT2D eigenvalue weighted by Gasteiger charge is 2.12. The highest BCUT2D eigenvalue weighted by molar-refractivity contribution is 8.00. The molecule has 0 unspecified atom stereocenters. The summed E-state index contributed by atoms with van der Waals surface area (Å²) >= 11 is 13.5. The molecule has 1 aromatic rings. The molecule has 0 saturated heterocycles. The molecule has 0 aliphatic heterocycles. The van der Waals surface area contributed by atoms with Crippen molar-refractivity contribution in [3.8, 4) is 0 Å². The molecule has 1 aromatic carbocycles. The van der Waals surface area contributed by atoms with Gasteiger partial charge >= 0.3 is 0 Å². The number of benzene rings is 1. The Bertz CT molecular complexity index is 302. The molecule has 0 fully saturated rings. The molecule has 0 bridgehead atoms. The lowest BCUT2D eigenvalue weighted by molar-refractivity contribution is 0.803. The Kier molecular flexibility index (Phi) is 3.56. The molecule has 3 heteroatoms. The van der Waals surface area contributed by atoms with Crippen LogP contribution in [0.15, 0.2) is 23.1 Å². The van der Waals surface area contributed by atoms with Crippen LogP contribution in [0.25, 0.3) is 0 Å². The van der Waals surface area contributed by atoms with E-state index in [9.17, 15) is 0 Å². The monoisotopic (exact) mass is 234 g/mol. The largest absolute Gasteiger partial charge is 0.120 e. The lowest BCUT2D eigenvalue weighted by Gasteiger charge is -2.17. The van der Waals surface area contributed by atoms with Gasteiger partial charge in [0.25, 0.3) is 0 Å². The van der Waals surface area contributed by atoms with Gasteiger partial charge in [0.15, 0.2) is 0 Å². The Balaban J connectivity index is 2.86. The number of thioether (sulfide) groups is 1. The average Bonchev–Trinajstić information content (AvgIpc) is 1.94. The standard InChI is InChI=1S/C10H12Cl2S/c1-10(2,3)13-7-4-5-8(11)9(12)6-7/h4-6H,1-3H3. The molecule has 0 heterocycles. The first-order valence-corrected chi connectivity index (χ1v) is 5.60. The zero-order valence-corrected chi connectivity index (χ0v) is 10.2. The van der Waals surface area contributed by atoms with Crippen LogP contribution in [-0.4, -0.2) is 4.75 Å². The first-order valence-electron chi connectivity index (χ1n) is 4.02. The smallest absolute Gasteiger partial charge is 0.0603 e. The molecule has 1 rings (SSSR count). The van der Waals surface area contributed by atoms with Gasteiger partial charge in [-0.05, 0) is 18.2 Å². The van der Waals surface area contributed by atoms with E-state index in [4.69, 9.17) is 23.2 Å². The van der Waals surface area contributed by atoms with Gasteiger partial charge in [0, 0.05) is 9.64 Å². The summed E-state index contributed by atoms with van der Waals surface area (Å²) in [7, 11) is 0. The fourth-order valence-corrected chi connectivity index (χ4v) is 2.28. The molecule has 0 radical (unpaired) electrons. The van der Waals surface area contributed by atoms with Crippen molar-refractivity contribution in [1.82, 2.24) is 0 Å². The predicted octanol–water partition coefficient (Wildman–Crippen LogP) is 4.88. The molecule has 0 aliphatic rings. The molecule has 0 amide bonds. The fraction of sp³-hybridized carbons (Fsp3) is 0.400. The van der Waals surface area contributed by atoms with Gasteiger partial charge in [-0.3, -0.25) is 0 Å². The summed E-state index contributed by atoms with van der Waals surface area (Å²) < 4.78 is 0.206. The lowest BCUT2D eigenvalue weighted by Crippen LogP contribution is -2.06. The third-order valence-corrected chi connectivity index (χ3v) is 3.16. The molecule has 72 valence electrons. The molecule has 0 N–H and O–H groups in total. The average molecular weight is 235 g/mol. The maximum absolute atomic E-state index is 5.90. The van der Waals surface area contributed by atoms with Gasteiger partial charge < -0.3 is 0 Å². The van der Waals surface area contributed by atoms with Crippen molar-refractivity contribution in [3.05, 3.63) is 28.2 Å². The zero-order valence-electron chi connectivity index (χ0n) is 7.90. The van der Waals surface area contributed by atoms with E-state index in [2.05, 4.69) is 20.8 Å². The maximum Gasteiger partial charge on any atom is 0.0603 e. The highest BCUT2D eigenvalue weighted by Crippen LogP contribution is 2.34. The normalized spacial score (nSPS) is 11.8. The van der Waals surface area contributed by atoms with E-state index >= 15 is 0 Å². The van der Waals surface area contributed by atoms with Gasteiger partial charge in [-0.1, -0.05) is 44.0 Å². The van der Waals surface area contributed by atoms with Gasteiger partial charge in [0.2, 0.25) is 0 Å². The molecule has 0 aliphatic carbocycles. The van der Waals surface area contributed by atoms with Crippen molar-refractivity contribution in [1.29, 1.82) is 0 Å². The Morgan fingerprint density at radius 1 is 1.08 bits per heavy atom. The van der Waals surface area contributed by atoms with Gasteiger partial charge in [0.05, 0.1) is 10.0 Å². The van der Waals surface area contributed by atoms with E-state index in [0.717, 1.165) is 4.90 Å². The Hall–Kier alpha value is 0.150. The van der Waals surface area contributed by atoms with E-state index in [1.165, 1.54) is 0 Å². The highest BCUT2D eigenvalue weighted by atomic mass is 35.5. The fourth-order valence-electron chi connectivity index (χ4n) is 0.894. The van der Waals surface area contributed by atoms with Gasteiger partial charge in [0.1, 0.15) is 0 Å².